The fraction of sp³-hybridized carbons (Fsp3) is 0.182. The first-order chi connectivity index (χ1) is 13.1. The van der Waals surface area contributed by atoms with Crippen LogP contribution in [0.2, 0.25) is 0 Å². The molecule has 0 spiro atoms. The first-order valence-electron chi connectivity index (χ1n) is 8.96. The van der Waals surface area contributed by atoms with Crippen molar-refractivity contribution in [1.29, 1.82) is 0 Å². The van der Waals surface area contributed by atoms with E-state index in [1.807, 2.05) is 54.6 Å². The fourth-order valence-electron chi connectivity index (χ4n) is 3.42. The summed E-state index contributed by atoms with van der Waals surface area (Å²) in [5.41, 5.74) is 8.27. The van der Waals surface area contributed by atoms with E-state index in [1.54, 1.807) is 6.92 Å². The number of rotatable bonds is 4. The smallest absolute Gasteiger partial charge is 0.323 e. The summed E-state index contributed by atoms with van der Waals surface area (Å²) in [6.45, 7) is 2.04. The number of aromatic amines is 1. The van der Waals surface area contributed by atoms with Crippen LogP contribution in [0.5, 0.6) is 0 Å². The van der Waals surface area contributed by atoms with Gasteiger partial charge in [0.1, 0.15) is 6.04 Å². The van der Waals surface area contributed by atoms with Crippen LogP contribution < -0.4 is 11.2 Å². The molecule has 0 unspecified atom stereocenters. The average molecular weight is 360 g/mol. The van der Waals surface area contributed by atoms with E-state index < -0.39 is 12.0 Å². The number of ether oxygens (including phenoxy) is 1. The van der Waals surface area contributed by atoms with Crippen molar-refractivity contribution >= 4 is 38.5 Å². The summed E-state index contributed by atoms with van der Waals surface area (Å²) < 4.78 is 4.95. The maximum atomic E-state index is 13.1. The molecule has 0 radical (unpaired) electrons. The van der Waals surface area contributed by atoms with E-state index in [2.05, 4.69) is 4.98 Å². The highest BCUT2D eigenvalue weighted by Crippen LogP contribution is 2.22. The maximum Gasteiger partial charge on any atom is 0.323 e. The molecule has 1 atom stereocenters. The van der Waals surface area contributed by atoms with Gasteiger partial charge in [0.05, 0.1) is 12.1 Å². The number of esters is 1. The molecule has 0 aliphatic rings. The lowest BCUT2D eigenvalue weighted by atomic mass is 10.0. The number of fused-ring (bicyclic) bond motifs is 3. The fourth-order valence-corrected chi connectivity index (χ4v) is 3.42. The van der Waals surface area contributed by atoms with Gasteiger partial charge in [-0.1, -0.05) is 30.3 Å². The largest absolute Gasteiger partial charge is 0.465 e. The quantitative estimate of drug-likeness (QED) is 0.432. The highest BCUT2D eigenvalue weighted by molar-refractivity contribution is 6.00. The van der Waals surface area contributed by atoms with Crippen molar-refractivity contribution in [3.8, 4) is 0 Å². The minimum Gasteiger partial charge on any atom is -0.465 e. The Kier molecular flexibility index (Phi) is 4.38. The SMILES string of the molecule is CCOC(=O)[C@H](N)Cc1ccc2[nH]c3cc4ccccc4cc3c(=O)c2c1. The van der Waals surface area contributed by atoms with Gasteiger partial charge in [0.2, 0.25) is 0 Å². The van der Waals surface area contributed by atoms with Gasteiger partial charge in [0.25, 0.3) is 0 Å². The number of aromatic nitrogens is 1. The number of benzene rings is 3. The normalized spacial score (nSPS) is 12.5. The lowest BCUT2D eigenvalue weighted by Crippen LogP contribution is -2.34. The minimum atomic E-state index is -0.745. The Balaban J connectivity index is 1.82. The molecule has 1 aromatic heterocycles. The molecule has 27 heavy (non-hydrogen) atoms. The van der Waals surface area contributed by atoms with Crippen molar-refractivity contribution in [2.75, 3.05) is 6.61 Å². The lowest BCUT2D eigenvalue weighted by molar-refractivity contribution is -0.144. The Morgan fingerprint density at radius 2 is 1.74 bits per heavy atom. The van der Waals surface area contributed by atoms with E-state index in [0.29, 0.717) is 23.8 Å². The first-order valence-corrected chi connectivity index (χ1v) is 8.96. The van der Waals surface area contributed by atoms with Gasteiger partial charge >= 0.3 is 5.97 Å². The molecular weight excluding hydrogens is 340 g/mol. The van der Waals surface area contributed by atoms with E-state index in [1.165, 1.54) is 0 Å². The predicted octanol–water partition coefficient (Wildman–Crippen LogP) is 3.27. The highest BCUT2D eigenvalue weighted by Gasteiger charge is 2.16. The van der Waals surface area contributed by atoms with Crippen LogP contribution in [0.3, 0.4) is 0 Å². The van der Waals surface area contributed by atoms with Gasteiger partial charge in [-0.15, -0.1) is 0 Å². The molecule has 5 heteroatoms. The summed E-state index contributed by atoms with van der Waals surface area (Å²) in [7, 11) is 0. The molecule has 0 saturated heterocycles. The summed E-state index contributed by atoms with van der Waals surface area (Å²) in [4.78, 5) is 28.2. The van der Waals surface area contributed by atoms with Gasteiger partial charge < -0.3 is 15.5 Å². The Labute approximate surface area is 155 Å². The number of carbonyl (C=O) groups is 1. The Bertz CT molecular complexity index is 1230. The first kappa shape index (κ1) is 17.2. The number of hydrogen-bond acceptors (Lipinski definition) is 4. The number of pyridine rings is 1. The van der Waals surface area contributed by atoms with E-state index in [4.69, 9.17) is 10.5 Å². The van der Waals surface area contributed by atoms with Crippen LogP contribution in [-0.2, 0) is 16.0 Å². The second kappa shape index (κ2) is 6.85. The summed E-state index contributed by atoms with van der Waals surface area (Å²) in [5.74, 6) is -0.434. The van der Waals surface area contributed by atoms with Crippen LogP contribution in [0.4, 0.5) is 0 Å². The number of nitrogens with two attached hydrogens (primary N) is 1. The molecule has 0 fully saturated rings. The zero-order chi connectivity index (χ0) is 19.0. The Morgan fingerprint density at radius 3 is 2.48 bits per heavy atom. The molecule has 0 saturated carbocycles. The summed E-state index contributed by atoms with van der Waals surface area (Å²) >= 11 is 0. The third-order valence-electron chi connectivity index (χ3n) is 4.77. The Morgan fingerprint density at radius 1 is 1.04 bits per heavy atom. The maximum absolute atomic E-state index is 13.1. The number of H-pyrrole nitrogens is 1. The van der Waals surface area contributed by atoms with Crippen LogP contribution in [0.15, 0.2) is 59.4 Å². The van der Waals surface area contributed by atoms with Crippen molar-refractivity contribution in [2.24, 2.45) is 5.73 Å². The minimum absolute atomic E-state index is 0.0314. The molecule has 0 aliphatic heterocycles. The summed E-state index contributed by atoms with van der Waals surface area (Å²) in [6, 6.07) is 16.7. The zero-order valence-electron chi connectivity index (χ0n) is 15.0. The van der Waals surface area contributed by atoms with Gasteiger partial charge in [0, 0.05) is 16.3 Å². The van der Waals surface area contributed by atoms with Gasteiger partial charge in [-0.2, -0.15) is 0 Å². The van der Waals surface area contributed by atoms with Crippen LogP contribution in [0.1, 0.15) is 12.5 Å². The summed E-state index contributed by atoms with van der Waals surface area (Å²) in [5, 5.41) is 3.34. The number of carbonyl (C=O) groups excluding carboxylic acids is 1. The van der Waals surface area contributed by atoms with Gasteiger partial charge in [0.15, 0.2) is 5.43 Å². The number of hydrogen-bond donors (Lipinski definition) is 2. The van der Waals surface area contributed by atoms with Crippen molar-refractivity contribution in [3.05, 3.63) is 70.4 Å². The molecule has 0 bridgehead atoms. The number of nitrogens with one attached hydrogen (secondary N) is 1. The van der Waals surface area contributed by atoms with Crippen molar-refractivity contribution in [3.63, 3.8) is 0 Å². The predicted molar refractivity (Wildman–Crippen MR) is 108 cm³/mol. The van der Waals surface area contributed by atoms with E-state index >= 15 is 0 Å². The molecule has 0 amide bonds. The van der Waals surface area contributed by atoms with Crippen LogP contribution in [-0.4, -0.2) is 23.6 Å². The molecule has 0 aliphatic carbocycles. The topological polar surface area (TPSA) is 85.2 Å². The third-order valence-corrected chi connectivity index (χ3v) is 4.77. The molecule has 3 aromatic carbocycles. The van der Waals surface area contributed by atoms with Crippen LogP contribution in [0, 0.1) is 0 Å². The second-order valence-electron chi connectivity index (χ2n) is 6.64. The average Bonchev–Trinajstić information content (AvgIpc) is 2.67. The highest BCUT2D eigenvalue weighted by atomic mass is 16.5. The summed E-state index contributed by atoms with van der Waals surface area (Å²) in [6.07, 6.45) is 0.323. The molecule has 1 heterocycles. The molecule has 4 rings (SSSR count). The van der Waals surface area contributed by atoms with Crippen LogP contribution >= 0.6 is 0 Å². The van der Waals surface area contributed by atoms with E-state index in [9.17, 15) is 9.59 Å². The van der Waals surface area contributed by atoms with E-state index in [-0.39, 0.29) is 5.43 Å². The van der Waals surface area contributed by atoms with Crippen molar-refractivity contribution in [2.45, 2.75) is 19.4 Å². The molecule has 3 N–H and O–H groups in total. The standard InChI is InChI=1S/C22H20N2O3/c1-2-27-22(26)18(23)10-13-7-8-19-16(9-13)21(25)17-11-14-5-3-4-6-15(14)12-20(17)24-19/h3-9,11-12,18H,2,10,23H2,1H3,(H,24,25)/t18-/m1/s1. The Hall–Kier alpha value is -3.18. The van der Waals surface area contributed by atoms with Crippen molar-refractivity contribution in [1.82, 2.24) is 4.98 Å². The van der Waals surface area contributed by atoms with Gasteiger partial charge in [-0.05, 0) is 53.9 Å². The third kappa shape index (κ3) is 3.17. The molecule has 5 nitrogen and oxygen atoms in total. The lowest BCUT2D eigenvalue weighted by Gasteiger charge is -2.11. The zero-order valence-corrected chi connectivity index (χ0v) is 15.0. The van der Waals surface area contributed by atoms with Crippen LogP contribution in [0.25, 0.3) is 32.6 Å². The monoisotopic (exact) mass is 360 g/mol. The van der Waals surface area contributed by atoms with Gasteiger partial charge in [-0.3, -0.25) is 9.59 Å². The molecule has 136 valence electrons. The van der Waals surface area contributed by atoms with Crippen molar-refractivity contribution < 1.29 is 9.53 Å². The van der Waals surface area contributed by atoms with E-state index in [0.717, 1.165) is 27.4 Å². The second-order valence-corrected chi connectivity index (χ2v) is 6.64. The molecule has 4 aromatic rings. The van der Waals surface area contributed by atoms with Gasteiger partial charge in [-0.25, -0.2) is 0 Å². The molecular formula is C22H20N2O3.